The first-order chi connectivity index (χ1) is 21.3. The van der Waals surface area contributed by atoms with E-state index in [4.69, 9.17) is 26.3 Å². The molecule has 44 heavy (non-hydrogen) atoms. The zero-order valence-corrected chi connectivity index (χ0v) is 25.6. The lowest BCUT2D eigenvalue weighted by atomic mass is 10.0. The first kappa shape index (κ1) is 30.3. The number of methoxy groups -OCH3 is 1. The molecular weight excluding hydrogens is 586 g/mol. The number of likely N-dealkylation sites (tertiary alicyclic amines) is 1. The molecular formula is C33H35ClF2N6O2. The van der Waals surface area contributed by atoms with E-state index in [0.717, 1.165) is 10.8 Å². The summed E-state index contributed by atoms with van der Waals surface area (Å²) in [7, 11) is 3.50. The summed E-state index contributed by atoms with van der Waals surface area (Å²) >= 11 is 6.58. The minimum Gasteiger partial charge on any atom is -0.381 e. The molecule has 4 heterocycles. The number of fused-ring (bicyclic) bond motifs is 2. The average Bonchev–Trinajstić information content (AvgIpc) is 3.36. The third-order valence-electron chi connectivity index (χ3n) is 8.57. The van der Waals surface area contributed by atoms with Crippen LogP contribution in [0.5, 0.6) is 0 Å². The number of aromatic nitrogens is 3. The Bertz CT molecular complexity index is 1710. The molecule has 2 aliphatic rings. The third-order valence-corrected chi connectivity index (χ3v) is 8.89. The molecule has 2 aromatic heterocycles. The molecule has 8 nitrogen and oxygen atoms in total. The fourth-order valence-electron chi connectivity index (χ4n) is 6.25. The zero-order chi connectivity index (χ0) is 30.8. The number of alkyl halides is 1. The highest BCUT2D eigenvalue weighted by Gasteiger charge is 2.30. The van der Waals surface area contributed by atoms with E-state index in [9.17, 15) is 9.18 Å². The van der Waals surface area contributed by atoms with Crippen LogP contribution in [0.25, 0.3) is 32.9 Å². The SMILES string of the molecule is COC/C=C/C(=O)N1CCN(c2nc(CC[C@@H]3C[C@@H](F)CN3C)nc3c(F)c(-c4cccc5cccc(Cl)c45)ncc23)CC1. The van der Waals surface area contributed by atoms with Gasteiger partial charge >= 0.3 is 0 Å². The van der Waals surface area contributed by atoms with Crippen molar-refractivity contribution in [3.63, 3.8) is 0 Å². The van der Waals surface area contributed by atoms with Crippen LogP contribution in [-0.4, -0.2) is 96.4 Å². The zero-order valence-electron chi connectivity index (χ0n) is 24.8. The van der Waals surface area contributed by atoms with Gasteiger partial charge in [-0.25, -0.2) is 18.7 Å². The van der Waals surface area contributed by atoms with E-state index >= 15 is 4.39 Å². The molecule has 230 valence electrons. The smallest absolute Gasteiger partial charge is 0.246 e. The predicted octanol–water partition coefficient (Wildman–Crippen LogP) is 5.46. The van der Waals surface area contributed by atoms with E-state index in [-0.39, 0.29) is 23.2 Å². The minimum absolute atomic E-state index is 0.0733. The molecule has 0 radical (unpaired) electrons. The second kappa shape index (κ2) is 13.1. The molecule has 2 aromatic carbocycles. The number of nitrogens with zero attached hydrogens (tertiary/aromatic N) is 6. The molecule has 0 unspecified atom stereocenters. The number of aryl methyl sites for hydroxylation is 1. The van der Waals surface area contributed by atoms with E-state index in [2.05, 4.69) is 9.88 Å². The van der Waals surface area contributed by atoms with Gasteiger partial charge in [-0.05, 0) is 31.3 Å². The van der Waals surface area contributed by atoms with Crippen LogP contribution < -0.4 is 4.90 Å². The lowest BCUT2D eigenvalue weighted by Gasteiger charge is -2.35. The number of hydrogen-bond donors (Lipinski definition) is 0. The maximum atomic E-state index is 16.6. The summed E-state index contributed by atoms with van der Waals surface area (Å²) in [6, 6.07) is 11.3. The number of carbonyl (C=O) groups excluding carboxylic acids is 1. The Labute approximate surface area is 260 Å². The maximum Gasteiger partial charge on any atom is 0.246 e. The van der Waals surface area contributed by atoms with Crippen molar-refractivity contribution in [3.05, 3.63) is 71.4 Å². The number of piperazine rings is 1. The summed E-state index contributed by atoms with van der Waals surface area (Å²) in [6.45, 7) is 2.80. The minimum atomic E-state index is -0.847. The number of pyridine rings is 1. The topological polar surface area (TPSA) is 74.7 Å². The van der Waals surface area contributed by atoms with E-state index in [1.807, 2.05) is 42.3 Å². The highest BCUT2D eigenvalue weighted by molar-refractivity contribution is 6.36. The van der Waals surface area contributed by atoms with E-state index in [1.165, 1.54) is 6.08 Å². The number of rotatable bonds is 8. The largest absolute Gasteiger partial charge is 0.381 e. The van der Waals surface area contributed by atoms with Gasteiger partial charge in [-0.1, -0.05) is 48.0 Å². The van der Waals surface area contributed by atoms with Gasteiger partial charge in [0.05, 0.1) is 12.0 Å². The van der Waals surface area contributed by atoms with Crippen LogP contribution in [0.4, 0.5) is 14.6 Å². The fourth-order valence-corrected chi connectivity index (χ4v) is 6.54. The molecule has 0 N–H and O–H groups in total. The van der Waals surface area contributed by atoms with Gasteiger partial charge in [0.25, 0.3) is 0 Å². The van der Waals surface area contributed by atoms with Crippen molar-refractivity contribution in [1.82, 2.24) is 24.8 Å². The summed E-state index contributed by atoms with van der Waals surface area (Å²) in [6.07, 6.45) is 5.61. The van der Waals surface area contributed by atoms with Crippen LogP contribution in [0.1, 0.15) is 18.7 Å². The Morgan fingerprint density at radius 3 is 2.64 bits per heavy atom. The first-order valence-electron chi connectivity index (χ1n) is 14.9. The van der Waals surface area contributed by atoms with Crippen LogP contribution in [0.15, 0.2) is 54.7 Å². The van der Waals surface area contributed by atoms with Crippen LogP contribution in [0, 0.1) is 5.82 Å². The number of halogens is 3. The normalized spacial score (nSPS) is 19.6. The fraction of sp³-hybridized carbons (Fsp3) is 0.394. The standard InChI is InChI=1S/C33H35ClF2N6O2/c1-40-20-22(35)18-23(40)11-12-27-38-32-25(33(39-27)42-15-13-41(14-16-42)28(43)10-5-17-44-2)19-37-31(30(32)36)24-8-3-6-21-7-4-9-26(34)29(21)24/h3-10,19,22-23H,11-18,20H2,1-2H3/b10-5+/t22-,23-/m1/s1. The molecule has 0 spiro atoms. The molecule has 2 aliphatic heterocycles. The van der Waals surface area contributed by atoms with Gasteiger partial charge in [-0.2, -0.15) is 0 Å². The van der Waals surface area contributed by atoms with Crippen LogP contribution in [0.2, 0.25) is 5.02 Å². The molecule has 0 saturated carbocycles. The summed E-state index contributed by atoms with van der Waals surface area (Å²) in [5, 5.41) is 2.63. The quantitative estimate of drug-likeness (QED) is 0.242. The molecule has 1 amide bonds. The van der Waals surface area contributed by atoms with E-state index in [1.54, 1.807) is 30.3 Å². The molecule has 6 rings (SSSR count). The molecule has 0 aliphatic carbocycles. The molecule has 0 bridgehead atoms. The molecule has 11 heteroatoms. The van der Waals surface area contributed by atoms with Gasteiger partial charge in [-0.15, -0.1) is 0 Å². The number of amides is 1. The van der Waals surface area contributed by atoms with Gasteiger partial charge < -0.3 is 19.4 Å². The van der Waals surface area contributed by atoms with Crippen molar-refractivity contribution in [2.75, 3.05) is 58.4 Å². The monoisotopic (exact) mass is 620 g/mol. The summed E-state index contributed by atoms with van der Waals surface area (Å²) in [4.78, 5) is 32.7. The Morgan fingerprint density at radius 2 is 1.91 bits per heavy atom. The van der Waals surface area contributed by atoms with Gasteiger partial charge in [-0.3, -0.25) is 9.78 Å². The lowest BCUT2D eigenvalue weighted by molar-refractivity contribution is -0.126. The van der Waals surface area contributed by atoms with Gasteiger partial charge in [0.2, 0.25) is 5.91 Å². The number of carbonyl (C=O) groups is 1. The Morgan fingerprint density at radius 1 is 1.14 bits per heavy atom. The maximum absolute atomic E-state index is 16.6. The van der Waals surface area contributed by atoms with Crippen molar-refractivity contribution in [2.24, 2.45) is 0 Å². The van der Waals surface area contributed by atoms with Crippen molar-refractivity contribution in [3.8, 4) is 11.3 Å². The van der Waals surface area contributed by atoms with Crippen molar-refractivity contribution < 1.29 is 18.3 Å². The first-order valence-corrected chi connectivity index (χ1v) is 15.3. The Hall–Kier alpha value is -3.73. The van der Waals surface area contributed by atoms with E-state index in [0.29, 0.717) is 86.2 Å². The summed E-state index contributed by atoms with van der Waals surface area (Å²) in [5.41, 5.74) is 0.938. The highest BCUT2D eigenvalue weighted by Crippen LogP contribution is 2.37. The van der Waals surface area contributed by atoms with E-state index < -0.39 is 12.0 Å². The second-order valence-corrected chi connectivity index (χ2v) is 11.8. The second-order valence-electron chi connectivity index (χ2n) is 11.4. The highest BCUT2D eigenvalue weighted by atomic mass is 35.5. The lowest BCUT2D eigenvalue weighted by Crippen LogP contribution is -2.48. The Kier molecular flexibility index (Phi) is 9.02. The number of hydrogen-bond acceptors (Lipinski definition) is 7. The summed E-state index contributed by atoms with van der Waals surface area (Å²) in [5.74, 6) is 0.465. The third kappa shape index (κ3) is 6.11. The average molecular weight is 621 g/mol. The molecule has 2 saturated heterocycles. The molecule has 2 fully saturated rings. The van der Waals surface area contributed by atoms with Gasteiger partial charge in [0.15, 0.2) is 5.82 Å². The molecule has 2 atom stereocenters. The van der Waals surface area contributed by atoms with Crippen LogP contribution in [-0.2, 0) is 16.0 Å². The predicted molar refractivity (Wildman–Crippen MR) is 169 cm³/mol. The molecule has 4 aromatic rings. The van der Waals surface area contributed by atoms with Gasteiger partial charge in [0, 0.05) is 80.5 Å². The number of benzene rings is 2. The van der Waals surface area contributed by atoms with Crippen LogP contribution >= 0.6 is 11.6 Å². The number of ether oxygens (including phenoxy) is 1. The summed E-state index contributed by atoms with van der Waals surface area (Å²) < 4.78 is 35.6. The van der Waals surface area contributed by atoms with Crippen molar-refractivity contribution in [1.29, 1.82) is 0 Å². The van der Waals surface area contributed by atoms with Crippen LogP contribution in [0.3, 0.4) is 0 Å². The Balaban J connectivity index is 1.37. The van der Waals surface area contributed by atoms with Gasteiger partial charge in [0.1, 0.15) is 29.0 Å². The number of anilines is 1. The van der Waals surface area contributed by atoms with Crippen molar-refractivity contribution >= 4 is 45.0 Å². The van der Waals surface area contributed by atoms with Crippen molar-refractivity contribution in [2.45, 2.75) is 31.5 Å².